The van der Waals surface area contributed by atoms with E-state index < -0.39 is 5.41 Å². The lowest BCUT2D eigenvalue weighted by Gasteiger charge is -2.24. The molecule has 0 aromatic heterocycles. The van der Waals surface area contributed by atoms with Crippen molar-refractivity contribution >= 4 is 5.91 Å². The molecule has 1 aromatic rings. The molecule has 0 spiro atoms. The number of nitrogens with one attached hydrogen (secondary N) is 1. The minimum absolute atomic E-state index is 0.0172. The molecule has 1 unspecified atom stereocenters. The fourth-order valence-electron chi connectivity index (χ4n) is 1.78. The Bertz CT molecular complexity index is 396. The zero-order chi connectivity index (χ0) is 14.3. The van der Waals surface area contributed by atoms with Gasteiger partial charge in [-0.15, -0.1) is 0 Å². The summed E-state index contributed by atoms with van der Waals surface area (Å²) in [6, 6.07) is 8.15. The number of benzene rings is 1. The van der Waals surface area contributed by atoms with Crippen molar-refractivity contribution in [3.05, 3.63) is 35.4 Å². The van der Waals surface area contributed by atoms with Crippen LogP contribution in [-0.4, -0.2) is 19.0 Å². The number of carbonyl (C=O) groups excluding carboxylic acids is 1. The largest absolute Gasteiger partial charge is 0.352 e. The van der Waals surface area contributed by atoms with Gasteiger partial charge in [0.2, 0.25) is 5.91 Å². The van der Waals surface area contributed by atoms with Crippen LogP contribution in [0.25, 0.3) is 0 Å². The summed E-state index contributed by atoms with van der Waals surface area (Å²) in [5, 5.41) is 2.95. The van der Waals surface area contributed by atoms with Crippen molar-refractivity contribution in [1.29, 1.82) is 0 Å². The first-order valence-corrected chi connectivity index (χ1v) is 6.82. The number of hydrogen-bond donors (Lipinski definition) is 3. The summed E-state index contributed by atoms with van der Waals surface area (Å²) < 4.78 is 0. The molecule has 19 heavy (non-hydrogen) atoms. The molecule has 0 heterocycles. The van der Waals surface area contributed by atoms with E-state index in [-0.39, 0.29) is 5.91 Å². The average Bonchev–Trinajstić information content (AvgIpc) is 2.45. The molecule has 1 aromatic carbocycles. The van der Waals surface area contributed by atoms with Crippen LogP contribution in [0.4, 0.5) is 0 Å². The van der Waals surface area contributed by atoms with Gasteiger partial charge in [0, 0.05) is 13.1 Å². The predicted octanol–water partition coefficient (Wildman–Crippen LogP) is 1.18. The lowest BCUT2D eigenvalue weighted by Crippen LogP contribution is -2.43. The second-order valence-corrected chi connectivity index (χ2v) is 5.16. The van der Waals surface area contributed by atoms with Crippen molar-refractivity contribution in [2.75, 3.05) is 13.1 Å². The Balaban J connectivity index is 2.54. The van der Waals surface area contributed by atoms with Crippen LogP contribution >= 0.6 is 0 Å². The first kappa shape index (κ1) is 15.7. The molecule has 0 bridgehead atoms. The van der Waals surface area contributed by atoms with Crippen LogP contribution in [0.15, 0.2) is 24.3 Å². The number of rotatable bonds is 7. The van der Waals surface area contributed by atoms with Crippen molar-refractivity contribution in [3.63, 3.8) is 0 Å². The highest BCUT2D eigenvalue weighted by atomic mass is 16.2. The summed E-state index contributed by atoms with van der Waals surface area (Å²) in [5.74, 6) is 0.0172. The van der Waals surface area contributed by atoms with E-state index in [1.807, 2.05) is 26.0 Å². The first-order chi connectivity index (χ1) is 9.05. The summed E-state index contributed by atoms with van der Waals surface area (Å²) in [5.41, 5.74) is 13.0. The summed E-state index contributed by atoms with van der Waals surface area (Å²) in [6.45, 7) is 5.43. The maximum absolute atomic E-state index is 12.1. The number of carbonyl (C=O) groups is 1. The Kier molecular flexibility index (Phi) is 5.99. The van der Waals surface area contributed by atoms with Crippen LogP contribution in [0.3, 0.4) is 0 Å². The average molecular weight is 263 g/mol. The molecule has 0 aliphatic heterocycles. The minimum Gasteiger partial charge on any atom is -0.352 e. The molecule has 0 radical (unpaired) electrons. The quantitative estimate of drug-likeness (QED) is 0.691. The third-order valence-electron chi connectivity index (χ3n) is 3.69. The highest BCUT2D eigenvalue weighted by Crippen LogP contribution is 2.19. The van der Waals surface area contributed by atoms with Gasteiger partial charge in [-0.2, -0.15) is 0 Å². The third-order valence-corrected chi connectivity index (χ3v) is 3.69. The van der Waals surface area contributed by atoms with Crippen LogP contribution in [-0.2, 0) is 17.8 Å². The van der Waals surface area contributed by atoms with Crippen molar-refractivity contribution in [1.82, 2.24) is 5.32 Å². The molecule has 106 valence electrons. The van der Waals surface area contributed by atoms with Gasteiger partial charge < -0.3 is 16.8 Å². The maximum Gasteiger partial charge on any atom is 0.227 e. The molecule has 5 N–H and O–H groups in total. The lowest BCUT2D eigenvalue weighted by atomic mass is 9.86. The molecular weight excluding hydrogens is 238 g/mol. The molecule has 0 saturated heterocycles. The van der Waals surface area contributed by atoms with Crippen molar-refractivity contribution in [2.45, 2.75) is 33.2 Å². The van der Waals surface area contributed by atoms with Gasteiger partial charge in [-0.05, 0) is 37.4 Å². The van der Waals surface area contributed by atoms with E-state index in [0.29, 0.717) is 19.6 Å². The summed E-state index contributed by atoms with van der Waals surface area (Å²) in [4.78, 5) is 12.1. The summed E-state index contributed by atoms with van der Waals surface area (Å²) in [6.07, 6.45) is 1.62. The SMILES string of the molecule is CCC(C)(CN)C(=O)NCc1ccc(CCN)cc1. The molecular formula is C15H25N3O. The van der Waals surface area contributed by atoms with Gasteiger partial charge in [-0.3, -0.25) is 4.79 Å². The van der Waals surface area contributed by atoms with Gasteiger partial charge in [0.15, 0.2) is 0 Å². The second kappa shape index (κ2) is 7.26. The molecule has 0 aliphatic carbocycles. The molecule has 0 fully saturated rings. The first-order valence-electron chi connectivity index (χ1n) is 6.82. The van der Waals surface area contributed by atoms with Crippen molar-refractivity contribution in [3.8, 4) is 0 Å². The zero-order valence-electron chi connectivity index (χ0n) is 11.9. The fraction of sp³-hybridized carbons (Fsp3) is 0.533. The van der Waals surface area contributed by atoms with Gasteiger partial charge in [0.05, 0.1) is 5.41 Å². The highest BCUT2D eigenvalue weighted by Gasteiger charge is 2.29. The Hall–Kier alpha value is -1.39. The van der Waals surface area contributed by atoms with E-state index in [4.69, 9.17) is 11.5 Å². The smallest absolute Gasteiger partial charge is 0.227 e. The van der Waals surface area contributed by atoms with Crippen LogP contribution in [0.1, 0.15) is 31.4 Å². The normalized spacial score (nSPS) is 13.9. The van der Waals surface area contributed by atoms with E-state index in [9.17, 15) is 4.79 Å². The molecule has 0 saturated carbocycles. The Morgan fingerprint density at radius 1 is 1.21 bits per heavy atom. The molecule has 1 amide bonds. The highest BCUT2D eigenvalue weighted by molar-refractivity contribution is 5.82. The maximum atomic E-state index is 12.1. The van der Waals surface area contributed by atoms with E-state index in [2.05, 4.69) is 17.4 Å². The number of hydrogen-bond acceptors (Lipinski definition) is 3. The Morgan fingerprint density at radius 2 is 1.79 bits per heavy atom. The fourth-order valence-corrected chi connectivity index (χ4v) is 1.78. The van der Waals surface area contributed by atoms with Crippen LogP contribution in [0.5, 0.6) is 0 Å². The van der Waals surface area contributed by atoms with Gasteiger partial charge in [-0.1, -0.05) is 31.2 Å². The molecule has 1 atom stereocenters. The van der Waals surface area contributed by atoms with Crippen molar-refractivity contribution in [2.24, 2.45) is 16.9 Å². The van der Waals surface area contributed by atoms with Gasteiger partial charge in [-0.25, -0.2) is 0 Å². The van der Waals surface area contributed by atoms with Crippen LogP contribution < -0.4 is 16.8 Å². The number of nitrogens with two attached hydrogens (primary N) is 2. The Morgan fingerprint density at radius 3 is 2.26 bits per heavy atom. The predicted molar refractivity (Wildman–Crippen MR) is 78.5 cm³/mol. The number of amides is 1. The van der Waals surface area contributed by atoms with E-state index in [1.165, 1.54) is 5.56 Å². The monoisotopic (exact) mass is 263 g/mol. The van der Waals surface area contributed by atoms with Gasteiger partial charge in [0.25, 0.3) is 0 Å². The zero-order valence-corrected chi connectivity index (χ0v) is 11.9. The van der Waals surface area contributed by atoms with Crippen LogP contribution in [0, 0.1) is 5.41 Å². The standard InChI is InChI=1S/C15H25N3O/c1-3-15(2,11-17)14(19)18-10-13-6-4-12(5-7-13)8-9-16/h4-7H,3,8-11,16-17H2,1-2H3,(H,18,19). The second-order valence-electron chi connectivity index (χ2n) is 5.16. The van der Waals surface area contributed by atoms with Crippen LogP contribution in [0.2, 0.25) is 0 Å². The van der Waals surface area contributed by atoms with Gasteiger partial charge in [0.1, 0.15) is 0 Å². The molecule has 4 heteroatoms. The van der Waals surface area contributed by atoms with Crippen molar-refractivity contribution < 1.29 is 4.79 Å². The van der Waals surface area contributed by atoms with E-state index in [0.717, 1.165) is 18.4 Å². The van der Waals surface area contributed by atoms with E-state index >= 15 is 0 Å². The molecule has 4 nitrogen and oxygen atoms in total. The summed E-state index contributed by atoms with van der Waals surface area (Å²) >= 11 is 0. The minimum atomic E-state index is -0.473. The molecule has 1 rings (SSSR count). The van der Waals surface area contributed by atoms with Gasteiger partial charge >= 0.3 is 0 Å². The Labute approximate surface area is 115 Å². The third kappa shape index (κ3) is 4.33. The summed E-state index contributed by atoms with van der Waals surface area (Å²) in [7, 11) is 0. The molecule has 0 aliphatic rings. The van der Waals surface area contributed by atoms with E-state index in [1.54, 1.807) is 0 Å². The topological polar surface area (TPSA) is 81.1 Å². The lowest BCUT2D eigenvalue weighted by molar-refractivity contribution is -0.130.